The van der Waals surface area contributed by atoms with Gasteiger partial charge in [-0.25, -0.2) is 0 Å². The van der Waals surface area contributed by atoms with Crippen molar-refractivity contribution in [2.24, 2.45) is 5.92 Å². The van der Waals surface area contributed by atoms with E-state index in [1.807, 2.05) is 6.92 Å². The topological polar surface area (TPSA) is 86.7 Å². The Labute approximate surface area is 127 Å². The van der Waals surface area contributed by atoms with Crippen molar-refractivity contribution in [1.29, 1.82) is 0 Å². The van der Waals surface area contributed by atoms with Crippen LogP contribution < -0.4 is 4.72 Å². The van der Waals surface area contributed by atoms with Crippen molar-refractivity contribution in [3.8, 4) is 0 Å². The highest BCUT2D eigenvalue weighted by Gasteiger charge is 2.36. The number of nitrogens with zero attached hydrogens (tertiary/aromatic N) is 1. The first-order chi connectivity index (χ1) is 9.92. The summed E-state index contributed by atoms with van der Waals surface area (Å²) in [5.41, 5.74) is 0. The number of carboxylic acids is 1. The molecule has 1 heterocycles. The van der Waals surface area contributed by atoms with Crippen molar-refractivity contribution >= 4 is 16.2 Å². The molecule has 7 heteroatoms. The lowest BCUT2D eigenvalue weighted by atomic mass is 9.96. The van der Waals surface area contributed by atoms with Gasteiger partial charge in [-0.2, -0.15) is 17.4 Å². The Morgan fingerprint density at radius 2 is 1.76 bits per heavy atom. The Bertz CT molecular complexity index is 466. The molecule has 1 saturated heterocycles. The van der Waals surface area contributed by atoms with Gasteiger partial charge in [-0.1, -0.05) is 25.7 Å². The largest absolute Gasteiger partial charge is 0.481 e. The van der Waals surface area contributed by atoms with Gasteiger partial charge < -0.3 is 5.11 Å². The van der Waals surface area contributed by atoms with Crippen LogP contribution in [0.15, 0.2) is 0 Å². The number of carboxylic acid groups (broad SMARTS) is 1. The van der Waals surface area contributed by atoms with Crippen LogP contribution in [0.4, 0.5) is 0 Å². The van der Waals surface area contributed by atoms with Gasteiger partial charge in [-0.3, -0.25) is 4.79 Å². The van der Waals surface area contributed by atoms with Crippen molar-refractivity contribution in [3.05, 3.63) is 0 Å². The number of aliphatic carboxylic acids is 1. The Kier molecular flexibility index (Phi) is 5.62. The van der Waals surface area contributed by atoms with Crippen molar-refractivity contribution in [2.45, 2.75) is 70.4 Å². The molecule has 122 valence electrons. The zero-order valence-electron chi connectivity index (χ0n) is 12.6. The monoisotopic (exact) mass is 318 g/mol. The molecule has 0 aromatic rings. The third-order valence-electron chi connectivity index (χ3n) is 4.68. The first-order valence-corrected chi connectivity index (χ1v) is 9.38. The molecule has 0 aromatic heterocycles. The molecule has 0 amide bonds. The van der Waals surface area contributed by atoms with Crippen LogP contribution in [0, 0.1) is 5.92 Å². The molecule has 1 saturated carbocycles. The van der Waals surface area contributed by atoms with Gasteiger partial charge in [0.2, 0.25) is 0 Å². The standard InChI is InChI=1S/C14H26N2O4S/c1-11-7-5-6-10-16(11)21(19,20)15-13-9-4-2-3-8-12(13)14(17)18/h11-13,15H,2-10H2,1H3,(H,17,18). The van der Waals surface area contributed by atoms with Gasteiger partial charge in [0, 0.05) is 18.6 Å². The van der Waals surface area contributed by atoms with Gasteiger partial charge in [0.1, 0.15) is 0 Å². The summed E-state index contributed by atoms with van der Waals surface area (Å²) in [5.74, 6) is -1.50. The Morgan fingerprint density at radius 1 is 1.10 bits per heavy atom. The molecule has 0 spiro atoms. The molecule has 1 aliphatic heterocycles. The fourth-order valence-corrected chi connectivity index (χ4v) is 5.18. The van der Waals surface area contributed by atoms with Crippen molar-refractivity contribution in [1.82, 2.24) is 9.03 Å². The summed E-state index contributed by atoms with van der Waals surface area (Å²) >= 11 is 0. The molecule has 2 N–H and O–H groups in total. The van der Waals surface area contributed by atoms with Crippen LogP contribution in [0.1, 0.15) is 58.3 Å². The highest BCUT2D eigenvalue weighted by atomic mass is 32.2. The lowest BCUT2D eigenvalue weighted by molar-refractivity contribution is -0.142. The second kappa shape index (κ2) is 7.07. The number of carbonyl (C=O) groups is 1. The van der Waals surface area contributed by atoms with E-state index in [-0.39, 0.29) is 6.04 Å². The van der Waals surface area contributed by atoms with Crippen LogP contribution in [0.25, 0.3) is 0 Å². The second-order valence-corrected chi connectivity index (χ2v) is 7.92. The molecule has 3 atom stereocenters. The molecule has 1 aliphatic carbocycles. The van der Waals surface area contributed by atoms with E-state index in [9.17, 15) is 18.3 Å². The maximum atomic E-state index is 12.6. The van der Waals surface area contributed by atoms with Gasteiger partial charge in [0.05, 0.1) is 5.92 Å². The normalized spacial score (nSPS) is 32.5. The van der Waals surface area contributed by atoms with Crippen LogP contribution in [-0.2, 0) is 15.0 Å². The van der Waals surface area contributed by atoms with Crippen molar-refractivity contribution in [2.75, 3.05) is 6.54 Å². The highest BCUT2D eigenvalue weighted by Crippen LogP contribution is 2.26. The summed E-state index contributed by atoms with van der Waals surface area (Å²) in [4.78, 5) is 11.4. The smallest absolute Gasteiger partial charge is 0.308 e. The zero-order chi connectivity index (χ0) is 15.5. The minimum Gasteiger partial charge on any atom is -0.481 e. The van der Waals surface area contributed by atoms with E-state index >= 15 is 0 Å². The molecular weight excluding hydrogens is 292 g/mol. The van der Waals surface area contributed by atoms with Gasteiger partial charge in [0.25, 0.3) is 10.2 Å². The quantitative estimate of drug-likeness (QED) is 0.773. The lowest BCUT2D eigenvalue weighted by Crippen LogP contribution is -2.52. The fraction of sp³-hybridized carbons (Fsp3) is 0.929. The maximum Gasteiger partial charge on any atom is 0.308 e. The number of hydrogen-bond acceptors (Lipinski definition) is 3. The molecule has 2 fully saturated rings. The summed E-state index contributed by atoms with van der Waals surface area (Å²) in [6.45, 7) is 2.45. The molecule has 6 nitrogen and oxygen atoms in total. The van der Waals surface area contributed by atoms with Crippen LogP contribution in [-0.4, -0.2) is 42.4 Å². The fourth-order valence-electron chi connectivity index (χ4n) is 3.43. The molecule has 2 rings (SSSR count). The zero-order valence-corrected chi connectivity index (χ0v) is 13.4. The third-order valence-corrected chi connectivity index (χ3v) is 6.44. The molecule has 0 aromatic carbocycles. The van der Waals surface area contributed by atoms with Crippen molar-refractivity contribution in [3.63, 3.8) is 0 Å². The number of rotatable bonds is 4. The molecule has 3 unspecified atom stereocenters. The molecule has 0 radical (unpaired) electrons. The molecule has 2 aliphatic rings. The minimum absolute atomic E-state index is 0.00898. The van der Waals surface area contributed by atoms with E-state index in [0.717, 1.165) is 38.5 Å². The summed E-state index contributed by atoms with van der Waals surface area (Å²) in [5, 5.41) is 9.34. The van der Waals surface area contributed by atoms with E-state index in [1.54, 1.807) is 0 Å². The van der Waals surface area contributed by atoms with Gasteiger partial charge in [-0.15, -0.1) is 0 Å². The summed E-state index contributed by atoms with van der Waals surface area (Å²) in [6.07, 6.45) is 6.67. The van der Waals surface area contributed by atoms with E-state index in [0.29, 0.717) is 19.4 Å². The molecule has 0 bridgehead atoms. The lowest BCUT2D eigenvalue weighted by Gasteiger charge is -2.34. The number of hydrogen-bond donors (Lipinski definition) is 2. The Hall–Kier alpha value is -0.660. The maximum absolute atomic E-state index is 12.6. The van der Waals surface area contributed by atoms with E-state index in [2.05, 4.69) is 4.72 Å². The van der Waals surface area contributed by atoms with Crippen LogP contribution in [0.5, 0.6) is 0 Å². The molecular formula is C14H26N2O4S. The van der Waals surface area contributed by atoms with Crippen LogP contribution in [0.3, 0.4) is 0 Å². The average molecular weight is 318 g/mol. The highest BCUT2D eigenvalue weighted by molar-refractivity contribution is 7.87. The summed E-state index contributed by atoms with van der Waals surface area (Å²) < 4.78 is 29.3. The summed E-state index contributed by atoms with van der Waals surface area (Å²) in [7, 11) is -3.59. The van der Waals surface area contributed by atoms with Crippen LogP contribution >= 0.6 is 0 Å². The first kappa shape index (κ1) is 16.7. The second-order valence-electron chi connectivity index (χ2n) is 6.27. The van der Waals surface area contributed by atoms with E-state index in [4.69, 9.17) is 0 Å². The van der Waals surface area contributed by atoms with Gasteiger partial charge in [0.15, 0.2) is 0 Å². The third kappa shape index (κ3) is 4.17. The summed E-state index contributed by atoms with van der Waals surface area (Å²) in [6, 6.07) is -0.491. The SMILES string of the molecule is CC1CCCCN1S(=O)(=O)NC1CCCCCC1C(=O)O. The number of nitrogens with one attached hydrogen (secondary N) is 1. The van der Waals surface area contributed by atoms with Gasteiger partial charge in [-0.05, 0) is 32.6 Å². The Morgan fingerprint density at radius 3 is 2.43 bits per heavy atom. The molecule has 21 heavy (non-hydrogen) atoms. The van der Waals surface area contributed by atoms with E-state index in [1.165, 1.54) is 4.31 Å². The van der Waals surface area contributed by atoms with Crippen LogP contribution in [0.2, 0.25) is 0 Å². The average Bonchev–Trinajstić information content (AvgIpc) is 2.64. The van der Waals surface area contributed by atoms with Gasteiger partial charge >= 0.3 is 5.97 Å². The number of piperidine rings is 1. The van der Waals surface area contributed by atoms with Crippen molar-refractivity contribution < 1.29 is 18.3 Å². The predicted octanol–water partition coefficient (Wildman–Crippen LogP) is 1.73. The van der Waals surface area contributed by atoms with E-state index < -0.39 is 28.1 Å². The Balaban J connectivity index is 2.11. The minimum atomic E-state index is -3.59. The first-order valence-electron chi connectivity index (χ1n) is 7.93. The predicted molar refractivity (Wildman–Crippen MR) is 80.1 cm³/mol.